The number of hydrogen-bond acceptors (Lipinski definition) is 5. The number of carbonyl (C=O) groups is 2. The highest BCUT2D eigenvalue weighted by atomic mass is 19.4. The van der Waals surface area contributed by atoms with Crippen LogP contribution in [-0.2, 0) is 14.3 Å². The summed E-state index contributed by atoms with van der Waals surface area (Å²) in [5.74, 6) is -2.03. The topological polar surface area (TPSA) is 87.9 Å². The molecule has 1 aromatic rings. The maximum atomic E-state index is 14.5. The second-order valence-corrected chi connectivity index (χ2v) is 7.44. The lowest BCUT2D eigenvalue weighted by Crippen LogP contribution is -2.52. The SMILES string of the molecule is CC(C)CN(CC(F)(F)F)[C@@H](CN)C(=O)Nc1ccc(N2CCOCC2=O)c(F)c1. The maximum Gasteiger partial charge on any atom is 0.401 e. The third kappa shape index (κ3) is 6.64. The minimum atomic E-state index is -4.50. The second kappa shape index (κ2) is 10.2. The summed E-state index contributed by atoms with van der Waals surface area (Å²) in [6.45, 7) is 2.17. The van der Waals surface area contributed by atoms with E-state index >= 15 is 0 Å². The number of anilines is 2. The van der Waals surface area contributed by atoms with Crippen molar-refractivity contribution in [1.29, 1.82) is 0 Å². The molecule has 1 atom stereocenters. The van der Waals surface area contributed by atoms with Crippen LogP contribution < -0.4 is 16.0 Å². The van der Waals surface area contributed by atoms with Crippen LogP contribution in [0, 0.1) is 11.7 Å². The Kier molecular flexibility index (Phi) is 8.16. The number of alkyl halides is 3. The summed E-state index contributed by atoms with van der Waals surface area (Å²) in [6, 6.07) is 2.48. The molecular formula is C19H26F4N4O3. The summed E-state index contributed by atoms with van der Waals surface area (Å²) in [6.07, 6.45) is -4.50. The summed E-state index contributed by atoms with van der Waals surface area (Å²) in [7, 11) is 0. The molecule has 0 aliphatic carbocycles. The lowest BCUT2D eigenvalue weighted by atomic mass is 10.1. The monoisotopic (exact) mass is 434 g/mol. The van der Waals surface area contributed by atoms with Crippen molar-refractivity contribution in [3.05, 3.63) is 24.0 Å². The van der Waals surface area contributed by atoms with E-state index in [1.54, 1.807) is 13.8 Å². The van der Waals surface area contributed by atoms with Gasteiger partial charge in [0, 0.05) is 25.3 Å². The van der Waals surface area contributed by atoms with E-state index in [1.165, 1.54) is 17.0 Å². The zero-order chi connectivity index (χ0) is 22.5. The Bertz CT molecular complexity index is 758. The summed E-state index contributed by atoms with van der Waals surface area (Å²) in [4.78, 5) is 26.7. The van der Waals surface area contributed by atoms with E-state index in [1.807, 2.05) is 0 Å². The van der Waals surface area contributed by atoms with Crippen LogP contribution in [0.4, 0.5) is 28.9 Å². The van der Waals surface area contributed by atoms with Crippen LogP contribution in [0.25, 0.3) is 0 Å². The molecule has 11 heteroatoms. The standard InChI is InChI=1S/C19H26F4N4O3/c1-12(2)9-26(11-19(21,22)23)16(8-24)18(29)25-13-3-4-15(14(20)7-13)27-5-6-30-10-17(27)28/h3-4,7,12,16H,5-6,8-11,24H2,1-2H3,(H,25,29)/t16-/m0/s1. The van der Waals surface area contributed by atoms with Gasteiger partial charge >= 0.3 is 6.18 Å². The highest BCUT2D eigenvalue weighted by molar-refractivity contribution is 5.97. The van der Waals surface area contributed by atoms with Gasteiger partial charge in [-0.1, -0.05) is 13.8 Å². The second-order valence-electron chi connectivity index (χ2n) is 7.44. The van der Waals surface area contributed by atoms with Gasteiger partial charge in [-0.05, 0) is 24.1 Å². The van der Waals surface area contributed by atoms with E-state index in [0.717, 1.165) is 11.0 Å². The number of nitrogens with zero attached hydrogens (tertiary/aromatic N) is 2. The Labute approximate surface area is 172 Å². The Hall–Kier alpha value is -2.24. The average Bonchev–Trinajstić information content (AvgIpc) is 2.61. The van der Waals surface area contributed by atoms with Gasteiger partial charge in [0.05, 0.1) is 18.8 Å². The normalized spacial score (nSPS) is 16.3. The zero-order valence-corrected chi connectivity index (χ0v) is 16.8. The fourth-order valence-electron chi connectivity index (χ4n) is 3.23. The first-order valence-electron chi connectivity index (χ1n) is 9.51. The van der Waals surface area contributed by atoms with Gasteiger partial charge in [-0.3, -0.25) is 14.5 Å². The van der Waals surface area contributed by atoms with Crippen molar-refractivity contribution in [2.45, 2.75) is 26.1 Å². The first kappa shape index (κ1) is 24.0. The van der Waals surface area contributed by atoms with E-state index in [2.05, 4.69) is 5.32 Å². The average molecular weight is 434 g/mol. The number of carbonyl (C=O) groups excluding carboxylic acids is 2. The molecule has 1 heterocycles. The van der Waals surface area contributed by atoms with Gasteiger partial charge in [0.25, 0.3) is 5.91 Å². The number of nitrogens with two attached hydrogens (primary N) is 1. The molecular weight excluding hydrogens is 408 g/mol. The molecule has 1 fully saturated rings. The third-order valence-corrected chi connectivity index (χ3v) is 4.44. The number of rotatable bonds is 8. The van der Waals surface area contributed by atoms with Gasteiger partial charge in [0.15, 0.2) is 0 Å². The van der Waals surface area contributed by atoms with Crippen LogP contribution >= 0.6 is 0 Å². The highest BCUT2D eigenvalue weighted by Crippen LogP contribution is 2.25. The minimum Gasteiger partial charge on any atom is -0.370 e. The molecule has 0 spiro atoms. The van der Waals surface area contributed by atoms with Gasteiger partial charge in [-0.25, -0.2) is 4.39 Å². The van der Waals surface area contributed by atoms with Crippen molar-refractivity contribution in [2.24, 2.45) is 11.7 Å². The Balaban J connectivity index is 2.15. The molecule has 30 heavy (non-hydrogen) atoms. The molecule has 2 rings (SSSR count). The summed E-state index contributed by atoms with van der Waals surface area (Å²) in [5.41, 5.74) is 5.68. The quantitative estimate of drug-likeness (QED) is 0.611. The van der Waals surface area contributed by atoms with Gasteiger partial charge < -0.3 is 20.7 Å². The number of halogens is 4. The Morgan fingerprint density at radius 1 is 1.37 bits per heavy atom. The lowest BCUT2D eigenvalue weighted by Gasteiger charge is -2.32. The Morgan fingerprint density at radius 2 is 2.07 bits per heavy atom. The van der Waals surface area contributed by atoms with E-state index in [0.29, 0.717) is 0 Å². The number of benzene rings is 1. The van der Waals surface area contributed by atoms with Gasteiger partial charge in [0.1, 0.15) is 18.5 Å². The first-order valence-corrected chi connectivity index (χ1v) is 9.51. The molecule has 0 aromatic heterocycles. The molecule has 1 aliphatic rings. The zero-order valence-electron chi connectivity index (χ0n) is 16.8. The summed E-state index contributed by atoms with van der Waals surface area (Å²) in [5, 5.41) is 2.42. The lowest BCUT2D eigenvalue weighted by molar-refractivity contribution is -0.154. The van der Waals surface area contributed by atoms with E-state index in [4.69, 9.17) is 10.5 Å². The van der Waals surface area contributed by atoms with Crippen LogP contribution in [-0.4, -0.2) is 68.3 Å². The molecule has 0 unspecified atom stereocenters. The van der Waals surface area contributed by atoms with Crippen molar-refractivity contribution in [2.75, 3.05) is 49.6 Å². The first-order chi connectivity index (χ1) is 14.0. The summed E-state index contributed by atoms with van der Waals surface area (Å²) >= 11 is 0. The van der Waals surface area contributed by atoms with Gasteiger partial charge in [-0.15, -0.1) is 0 Å². The fourth-order valence-corrected chi connectivity index (χ4v) is 3.23. The number of ether oxygens (including phenoxy) is 1. The number of hydrogen-bond donors (Lipinski definition) is 2. The van der Waals surface area contributed by atoms with E-state index < -0.39 is 36.4 Å². The molecule has 1 aliphatic heterocycles. The van der Waals surface area contributed by atoms with Crippen molar-refractivity contribution >= 4 is 23.2 Å². The molecule has 0 saturated carbocycles. The fraction of sp³-hybridized carbons (Fsp3) is 0.579. The molecule has 1 aromatic carbocycles. The third-order valence-electron chi connectivity index (χ3n) is 4.44. The predicted molar refractivity (Wildman–Crippen MR) is 104 cm³/mol. The number of amides is 2. The Morgan fingerprint density at radius 3 is 2.60 bits per heavy atom. The largest absolute Gasteiger partial charge is 0.401 e. The number of nitrogens with one attached hydrogen (secondary N) is 1. The predicted octanol–water partition coefficient (Wildman–Crippen LogP) is 1.97. The van der Waals surface area contributed by atoms with Crippen molar-refractivity contribution in [1.82, 2.24) is 4.90 Å². The molecule has 1 saturated heterocycles. The smallest absolute Gasteiger partial charge is 0.370 e. The van der Waals surface area contributed by atoms with Crippen molar-refractivity contribution < 1.29 is 31.9 Å². The summed E-state index contributed by atoms with van der Waals surface area (Å²) < 4.78 is 58.4. The van der Waals surface area contributed by atoms with Crippen molar-refractivity contribution in [3.63, 3.8) is 0 Å². The maximum absolute atomic E-state index is 14.5. The van der Waals surface area contributed by atoms with Crippen molar-refractivity contribution in [3.8, 4) is 0 Å². The van der Waals surface area contributed by atoms with Crippen LogP contribution in [0.3, 0.4) is 0 Å². The van der Waals surface area contributed by atoms with Crippen LogP contribution in [0.5, 0.6) is 0 Å². The number of morpholine rings is 1. The highest BCUT2D eigenvalue weighted by Gasteiger charge is 2.36. The molecule has 2 amide bonds. The molecule has 168 valence electrons. The molecule has 7 nitrogen and oxygen atoms in total. The van der Waals surface area contributed by atoms with Crippen LogP contribution in [0.15, 0.2) is 18.2 Å². The van der Waals surface area contributed by atoms with Crippen LogP contribution in [0.2, 0.25) is 0 Å². The van der Waals surface area contributed by atoms with Gasteiger partial charge in [0.2, 0.25) is 5.91 Å². The molecule has 0 bridgehead atoms. The van der Waals surface area contributed by atoms with Crippen LogP contribution in [0.1, 0.15) is 13.8 Å². The minimum absolute atomic E-state index is 0.0151. The van der Waals surface area contributed by atoms with E-state index in [9.17, 15) is 27.2 Å². The van der Waals surface area contributed by atoms with Gasteiger partial charge in [-0.2, -0.15) is 13.2 Å². The van der Waals surface area contributed by atoms with E-state index in [-0.39, 0.29) is 50.1 Å². The molecule has 0 radical (unpaired) electrons. The molecule has 3 N–H and O–H groups in total.